The highest BCUT2D eigenvalue weighted by molar-refractivity contribution is 14.0. The molecule has 0 atom stereocenters. The van der Waals surface area contributed by atoms with Crippen LogP contribution in [0.2, 0.25) is 0 Å². The Morgan fingerprint density at radius 2 is 1.70 bits per heavy atom. The van der Waals surface area contributed by atoms with Crippen molar-refractivity contribution in [2.75, 3.05) is 52.6 Å². The van der Waals surface area contributed by atoms with Gasteiger partial charge >= 0.3 is 0 Å². The van der Waals surface area contributed by atoms with Gasteiger partial charge in [0, 0.05) is 32.8 Å². The van der Waals surface area contributed by atoms with Gasteiger partial charge in [-0.15, -0.1) is 24.0 Å². The van der Waals surface area contributed by atoms with Gasteiger partial charge in [0.2, 0.25) is 5.91 Å². The summed E-state index contributed by atoms with van der Waals surface area (Å²) in [6, 6.07) is 10.00. The Labute approximate surface area is 199 Å². The van der Waals surface area contributed by atoms with E-state index in [4.69, 9.17) is 9.47 Å². The third-order valence-corrected chi connectivity index (χ3v) is 4.22. The highest BCUT2D eigenvalue weighted by Crippen LogP contribution is 2.04. The number of rotatable bonds is 15. The lowest BCUT2D eigenvalue weighted by Crippen LogP contribution is -2.40. The second-order valence-corrected chi connectivity index (χ2v) is 6.59. The summed E-state index contributed by atoms with van der Waals surface area (Å²) in [6.07, 6.45) is 2.23. The Morgan fingerprint density at radius 1 is 1.00 bits per heavy atom. The van der Waals surface area contributed by atoms with Crippen molar-refractivity contribution < 1.29 is 14.3 Å². The van der Waals surface area contributed by atoms with Crippen LogP contribution >= 0.6 is 24.0 Å². The Morgan fingerprint density at radius 3 is 2.33 bits per heavy atom. The van der Waals surface area contributed by atoms with Crippen LogP contribution in [-0.4, -0.2) is 69.4 Å². The van der Waals surface area contributed by atoms with Crippen LogP contribution in [0.25, 0.3) is 0 Å². The van der Waals surface area contributed by atoms with Crippen molar-refractivity contribution in [3.05, 3.63) is 35.9 Å². The summed E-state index contributed by atoms with van der Waals surface area (Å²) < 4.78 is 11.0. The Bertz CT molecular complexity index is 573. The fraction of sp³-hybridized carbons (Fsp3) is 0.636. The molecule has 0 saturated carbocycles. The number of unbranched alkanes of at least 4 members (excludes halogenated alkanes) is 1. The maximum absolute atomic E-state index is 12.5. The SMILES string of the molecule is CCCCOCCOCCNC(=NCC(=O)N(CC)Cc1ccccc1)NCC.I. The van der Waals surface area contributed by atoms with Crippen molar-refractivity contribution in [2.24, 2.45) is 4.99 Å². The van der Waals surface area contributed by atoms with Crippen LogP contribution in [0, 0.1) is 0 Å². The second-order valence-electron chi connectivity index (χ2n) is 6.59. The van der Waals surface area contributed by atoms with Crippen LogP contribution in [-0.2, 0) is 20.8 Å². The summed E-state index contributed by atoms with van der Waals surface area (Å²) in [7, 11) is 0. The number of hydrogen-bond acceptors (Lipinski definition) is 4. The summed E-state index contributed by atoms with van der Waals surface area (Å²) in [5.74, 6) is 0.633. The van der Waals surface area contributed by atoms with Gasteiger partial charge in [0.05, 0.1) is 19.8 Å². The number of hydrogen-bond donors (Lipinski definition) is 2. The number of nitrogens with zero attached hydrogens (tertiary/aromatic N) is 2. The number of nitrogens with one attached hydrogen (secondary N) is 2. The smallest absolute Gasteiger partial charge is 0.244 e. The number of likely N-dealkylation sites (N-methyl/N-ethyl adjacent to an activating group) is 1. The van der Waals surface area contributed by atoms with E-state index >= 15 is 0 Å². The normalized spacial score (nSPS) is 11.0. The van der Waals surface area contributed by atoms with E-state index < -0.39 is 0 Å². The lowest BCUT2D eigenvalue weighted by atomic mass is 10.2. The van der Waals surface area contributed by atoms with E-state index in [1.165, 1.54) is 0 Å². The summed E-state index contributed by atoms with van der Waals surface area (Å²) in [5, 5.41) is 6.35. The summed E-state index contributed by atoms with van der Waals surface area (Å²) in [4.78, 5) is 18.8. The molecule has 0 heterocycles. The largest absolute Gasteiger partial charge is 0.379 e. The van der Waals surface area contributed by atoms with Crippen molar-refractivity contribution in [2.45, 2.75) is 40.2 Å². The first kappa shape index (κ1) is 28.6. The van der Waals surface area contributed by atoms with Gasteiger partial charge < -0.3 is 25.0 Å². The van der Waals surface area contributed by atoms with E-state index in [1.54, 1.807) is 0 Å². The minimum Gasteiger partial charge on any atom is -0.379 e. The predicted octanol–water partition coefficient (Wildman–Crippen LogP) is 3.04. The number of halogens is 1. The molecule has 0 aromatic heterocycles. The van der Waals surface area contributed by atoms with Gasteiger partial charge in [0.1, 0.15) is 6.54 Å². The lowest BCUT2D eigenvalue weighted by Gasteiger charge is -2.20. The zero-order chi connectivity index (χ0) is 21.2. The van der Waals surface area contributed by atoms with Crippen LogP contribution in [0.4, 0.5) is 0 Å². The molecule has 172 valence electrons. The highest BCUT2D eigenvalue weighted by Gasteiger charge is 2.12. The van der Waals surface area contributed by atoms with E-state index in [-0.39, 0.29) is 36.4 Å². The molecule has 0 spiro atoms. The molecule has 1 aromatic rings. The van der Waals surface area contributed by atoms with E-state index in [2.05, 4.69) is 22.5 Å². The fourth-order valence-electron chi connectivity index (χ4n) is 2.58. The zero-order valence-electron chi connectivity index (χ0n) is 18.7. The quantitative estimate of drug-likeness (QED) is 0.157. The number of carbonyl (C=O) groups excluding carboxylic acids is 1. The topological polar surface area (TPSA) is 75.2 Å². The Kier molecular flexibility index (Phi) is 18.7. The molecule has 1 amide bonds. The van der Waals surface area contributed by atoms with E-state index in [0.717, 1.165) is 31.6 Å². The first-order valence-electron chi connectivity index (χ1n) is 10.7. The van der Waals surface area contributed by atoms with Crippen molar-refractivity contribution in [3.63, 3.8) is 0 Å². The molecule has 2 N–H and O–H groups in total. The third-order valence-electron chi connectivity index (χ3n) is 4.22. The first-order valence-corrected chi connectivity index (χ1v) is 10.7. The monoisotopic (exact) mass is 534 g/mol. The Hall–Kier alpha value is -1.39. The minimum absolute atomic E-state index is 0. The molecule has 30 heavy (non-hydrogen) atoms. The molecule has 0 fully saturated rings. The average Bonchev–Trinajstić information content (AvgIpc) is 2.75. The van der Waals surface area contributed by atoms with Crippen molar-refractivity contribution in [1.82, 2.24) is 15.5 Å². The fourth-order valence-corrected chi connectivity index (χ4v) is 2.58. The maximum Gasteiger partial charge on any atom is 0.244 e. The van der Waals surface area contributed by atoms with Crippen molar-refractivity contribution >= 4 is 35.8 Å². The van der Waals surface area contributed by atoms with Crippen molar-refractivity contribution in [1.29, 1.82) is 0 Å². The van der Waals surface area contributed by atoms with Crippen LogP contribution in [0.15, 0.2) is 35.3 Å². The number of benzene rings is 1. The number of amides is 1. The number of aliphatic imine (C=N–C) groups is 1. The second kappa shape index (κ2) is 19.6. The minimum atomic E-state index is 0. The van der Waals surface area contributed by atoms with E-state index in [1.807, 2.05) is 49.1 Å². The predicted molar refractivity (Wildman–Crippen MR) is 133 cm³/mol. The standard InChI is InChI=1S/C22H38N4O3.HI/c1-4-7-14-28-16-17-29-15-13-24-22(23-5-2)25-18-21(27)26(6-3)19-20-11-9-8-10-12-20;/h8-12H,4-7,13-19H2,1-3H3,(H2,23,24,25);1H. The third kappa shape index (κ3) is 13.8. The van der Waals surface area contributed by atoms with Gasteiger partial charge in [-0.25, -0.2) is 4.99 Å². The van der Waals surface area contributed by atoms with Gasteiger partial charge in [-0.3, -0.25) is 4.79 Å². The molecule has 8 heteroatoms. The molecule has 0 aliphatic rings. The molecule has 0 unspecified atom stereocenters. The van der Waals surface area contributed by atoms with Crippen molar-refractivity contribution in [3.8, 4) is 0 Å². The highest BCUT2D eigenvalue weighted by atomic mass is 127. The number of ether oxygens (including phenoxy) is 2. The van der Waals surface area contributed by atoms with Crippen LogP contribution in [0.3, 0.4) is 0 Å². The van der Waals surface area contributed by atoms with Crippen LogP contribution in [0.5, 0.6) is 0 Å². The summed E-state index contributed by atoms with van der Waals surface area (Å²) >= 11 is 0. The van der Waals surface area contributed by atoms with E-state index in [0.29, 0.717) is 45.4 Å². The molecular formula is C22H39IN4O3. The molecule has 0 aliphatic heterocycles. The van der Waals surface area contributed by atoms with Gasteiger partial charge in [-0.05, 0) is 25.8 Å². The molecule has 1 aromatic carbocycles. The van der Waals surface area contributed by atoms with Gasteiger partial charge in [0.15, 0.2) is 5.96 Å². The van der Waals surface area contributed by atoms with Crippen LogP contribution < -0.4 is 10.6 Å². The van der Waals surface area contributed by atoms with E-state index in [9.17, 15) is 4.79 Å². The first-order chi connectivity index (χ1) is 14.2. The molecule has 0 bridgehead atoms. The van der Waals surface area contributed by atoms with Gasteiger partial charge in [-0.2, -0.15) is 0 Å². The molecule has 7 nitrogen and oxygen atoms in total. The van der Waals surface area contributed by atoms with Crippen LogP contribution in [0.1, 0.15) is 39.2 Å². The molecule has 0 radical (unpaired) electrons. The number of guanidine groups is 1. The Balaban J connectivity index is 0.00000841. The molecule has 0 aliphatic carbocycles. The molecule has 0 saturated heterocycles. The summed E-state index contributed by atoms with van der Waals surface area (Å²) in [5.41, 5.74) is 1.12. The average molecular weight is 534 g/mol. The van der Waals surface area contributed by atoms with Gasteiger partial charge in [-0.1, -0.05) is 43.7 Å². The van der Waals surface area contributed by atoms with Gasteiger partial charge in [0.25, 0.3) is 0 Å². The summed E-state index contributed by atoms with van der Waals surface area (Å²) in [6.45, 7) is 11.4. The maximum atomic E-state index is 12.5. The lowest BCUT2D eigenvalue weighted by molar-refractivity contribution is -0.130. The molecular weight excluding hydrogens is 495 g/mol. The zero-order valence-corrected chi connectivity index (χ0v) is 21.0. The number of carbonyl (C=O) groups is 1. The molecule has 1 rings (SSSR count).